The maximum Gasteiger partial charge on any atom is 0.410 e. The highest BCUT2D eigenvalue weighted by atomic mass is 16.6. The fourth-order valence-corrected chi connectivity index (χ4v) is 2.17. The number of amides is 3. The minimum absolute atomic E-state index is 0.0210. The monoisotopic (exact) mass is 291 g/mol. The second kappa shape index (κ2) is 6.97. The number of carbonyl (C=O) groups excluding carboxylic acids is 2. The van der Waals surface area contributed by atoms with Gasteiger partial charge in [-0.15, -0.1) is 0 Å². The van der Waals surface area contributed by atoms with Gasteiger partial charge in [-0.05, 0) is 5.56 Å². The van der Waals surface area contributed by atoms with E-state index in [9.17, 15) is 9.59 Å². The Kier molecular flexibility index (Phi) is 5.03. The molecule has 1 saturated heterocycles. The molecule has 2 rings (SSSR count). The van der Waals surface area contributed by atoms with Gasteiger partial charge in [0.05, 0.1) is 0 Å². The first-order valence-electron chi connectivity index (χ1n) is 7.00. The lowest BCUT2D eigenvalue weighted by atomic mass is 10.2. The van der Waals surface area contributed by atoms with Gasteiger partial charge in [0, 0.05) is 40.3 Å². The van der Waals surface area contributed by atoms with Crippen LogP contribution in [0.2, 0.25) is 0 Å². The fraction of sp³-hybridized carbons (Fsp3) is 0.467. The maximum atomic E-state index is 12.0. The van der Waals surface area contributed by atoms with E-state index in [2.05, 4.69) is 0 Å². The first-order valence-corrected chi connectivity index (χ1v) is 7.00. The summed E-state index contributed by atoms with van der Waals surface area (Å²) < 4.78 is 5.28. The number of benzene rings is 1. The number of hydrogen-bond donors (Lipinski definition) is 0. The van der Waals surface area contributed by atoms with Crippen LogP contribution in [0.15, 0.2) is 30.3 Å². The largest absolute Gasteiger partial charge is 0.445 e. The first-order chi connectivity index (χ1) is 10.1. The van der Waals surface area contributed by atoms with Crippen LogP contribution in [0, 0.1) is 0 Å². The summed E-state index contributed by atoms with van der Waals surface area (Å²) >= 11 is 0. The standard InChI is InChI=1S/C15H21N3O3/c1-16(2)14(19)17-8-10-18(11-9-17)15(20)21-12-13-6-4-3-5-7-13/h3-7H,8-12H2,1-2H3. The molecule has 6 nitrogen and oxygen atoms in total. The molecule has 114 valence electrons. The van der Waals surface area contributed by atoms with E-state index in [-0.39, 0.29) is 18.7 Å². The zero-order valence-corrected chi connectivity index (χ0v) is 12.5. The quantitative estimate of drug-likeness (QED) is 0.832. The number of nitrogens with zero attached hydrogens (tertiary/aromatic N) is 3. The number of hydrogen-bond acceptors (Lipinski definition) is 3. The SMILES string of the molecule is CN(C)C(=O)N1CCN(C(=O)OCc2ccccc2)CC1. The summed E-state index contributed by atoms with van der Waals surface area (Å²) in [7, 11) is 3.45. The van der Waals surface area contributed by atoms with Crippen molar-refractivity contribution in [2.24, 2.45) is 0 Å². The molecule has 21 heavy (non-hydrogen) atoms. The fourth-order valence-electron chi connectivity index (χ4n) is 2.17. The summed E-state index contributed by atoms with van der Waals surface area (Å²) in [4.78, 5) is 28.7. The molecule has 1 aliphatic heterocycles. The minimum atomic E-state index is -0.323. The van der Waals surface area contributed by atoms with Gasteiger partial charge in [0.1, 0.15) is 6.61 Å². The Morgan fingerprint density at radius 1 is 1.05 bits per heavy atom. The van der Waals surface area contributed by atoms with Gasteiger partial charge < -0.3 is 19.4 Å². The molecule has 0 aliphatic carbocycles. The van der Waals surface area contributed by atoms with E-state index in [0.717, 1.165) is 5.56 Å². The lowest BCUT2D eigenvalue weighted by Crippen LogP contribution is -2.52. The number of piperazine rings is 1. The Morgan fingerprint density at radius 2 is 1.62 bits per heavy atom. The molecular weight excluding hydrogens is 270 g/mol. The van der Waals surface area contributed by atoms with Crippen molar-refractivity contribution in [1.82, 2.24) is 14.7 Å². The van der Waals surface area contributed by atoms with Gasteiger partial charge in [-0.3, -0.25) is 0 Å². The summed E-state index contributed by atoms with van der Waals surface area (Å²) in [6.07, 6.45) is -0.323. The van der Waals surface area contributed by atoms with Crippen molar-refractivity contribution in [3.8, 4) is 0 Å². The Hall–Kier alpha value is -2.24. The van der Waals surface area contributed by atoms with Crippen LogP contribution in [0.1, 0.15) is 5.56 Å². The third kappa shape index (κ3) is 4.11. The van der Waals surface area contributed by atoms with Crippen LogP contribution in [0.4, 0.5) is 9.59 Å². The van der Waals surface area contributed by atoms with Gasteiger partial charge in [0.15, 0.2) is 0 Å². The van der Waals surface area contributed by atoms with Crippen LogP contribution in [0.25, 0.3) is 0 Å². The van der Waals surface area contributed by atoms with Crippen LogP contribution in [0.5, 0.6) is 0 Å². The average Bonchev–Trinajstić information content (AvgIpc) is 2.53. The topological polar surface area (TPSA) is 53.1 Å². The molecule has 6 heteroatoms. The highest BCUT2D eigenvalue weighted by Gasteiger charge is 2.25. The van der Waals surface area contributed by atoms with E-state index < -0.39 is 0 Å². The van der Waals surface area contributed by atoms with Gasteiger partial charge in [-0.1, -0.05) is 30.3 Å². The van der Waals surface area contributed by atoms with Crippen LogP contribution in [-0.4, -0.2) is 67.1 Å². The molecule has 1 fully saturated rings. The van der Waals surface area contributed by atoms with Crippen molar-refractivity contribution in [1.29, 1.82) is 0 Å². The smallest absolute Gasteiger partial charge is 0.410 e. The second-order valence-electron chi connectivity index (χ2n) is 5.19. The molecule has 0 saturated carbocycles. The lowest BCUT2D eigenvalue weighted by Gasteiger charge is -2.35. The van der Waals surface area contributed by atoms with Crippen molar-refractivity contribution < 1.29 is 14.3 Å². The maximum absolute atomic E-state index is 12.0. The molecule has 0 N–H and O–H groups in total. The molecule has 0 spiro atoms. The third-order valence-electron chi connectivity index (χ3n) is 3.40. The summed E-state index contributed by atoms with van der Waals surface area (Å²) in [6.45, 7) is 2.37. The summed E-state index contributed by atoms with van der Waals surface area (Å²) in [5, 5.41) is 0. The zero-order valence-electron chi connectivity index (χ0n) is 12.5. The first kappa shape index (κ1) is 15.2. The Bertz CT molecular complexity index is 482. The molecule has 1 aliphatic rings. The van der Waals surface area contributed by atoms with Crippen molar-refractivity contribution in [3.05, 3.63) is 35.9 Å². The van der Waals surface area contributed by atoms with Gasteiger partial charge >= 0.3 is 12.1 Å². The molecule has 1 heterocycles. The van der Waals surface area contributed by atoms with E-state index in [1.807, 2.05) is 30.3 Å². The molecule has 0 aromatic heterocycles. The van der Waals surface area contributed by atoms with Gasteiger partial charge in [0.2, 0.25) is 0 Å². The molecule has 0 unspecified atom stereocenters. The lowest BCUT2D eigenvalue weighted by molar-refractivity contribution is 0.0738. The summed E-state index contributed by atoms with van der Waals surface area (Å²) in [6, 6.07) is 9.56. The molecule has 1 aromatic rings. The van der Waals surface area contributed by atoms with Crippen molar-refractivity contribution in [2.75, 3.05) is 40.3 Å². The van der Waals surface area contributed by atoms with Crippen LogP contribution < -0.4 is 0 Å². The second-order valence-corrected chi connectivity index (χ2v) is 5.19. The number of rotatable bonds is 2. The van der Waals surface area contributed by atoms with Gasteiger partial charge in [-0.25, -0.2) is 9.59 Å². The predicted molar refractivity (Wildman–Crippen MR) is 78.9 cm³/mol. The van der Waals surface area contributed by atoms with E-state index in [1.165, 1.54) is 0 Å². The van der Waals surface area contributed by atoms with Crippen molar-refractivity contribution in [3.63, 3.8) is 0 Å². The normalized spacial score (nSPS) is 14.8. The number of carbonyl (C=O) groups is 2. The molecule has 1 aromatic carbocycles. The highest BCUT2D eigenvalue weighted by Crippen LogP contribution is 2.08. The van der Waals surface area contributed by atoms with Gasteiger partial charge in [-0.2, -0.15) is 0 Å². The van der Waals surface area contributed by atoms with E-state index in [0.29, 0.717) is 26.2 Å². The summed E-state index contributed by atoms with van der Waals surface area (Å²) in [5.41, 5.74) is 0.965. The van der Waals surface area contributed by atoms with Crippen molar-refractivity contribution in [2.45, 2.75) is 6.61 Å². The number of ether oxygens (including phenoxy) is 1. The molecular formula is C15H21N3O3. The van der Waals surface area contributed by atoms with Crippen LogP contribution in [0.3, 0.4) is 0 Å². The van der Waals surface area contributed by atoms with E-state index in [4.69, 9.17) is 4.74 Å². The zero-order chi connectivity index (χ0) is 15.2. The third-order valence-corrected chi connectivity index (χ3v) is 3.40. The molecule has 0 radical (unpaired) electrons. The molecule has 3 amide bonds. The predicted octanol–water partition coefficient (Wildman–Crippen LogP) is 1.62. The highest BCUT2D eigenvalue weighted by molar-refractivity contribution is 5.74. The molecule has 0 bridgehead atoms. The van der Waals surface area contributed by atoms with Crippen LogP contribution in [-0.2, 0) is 11.3 Å². The Morgan fingerprint density at radius 3 is 2.19 bits per heavy atom. The van der Waals surface area contributed by atoms with Crippen LogP contribution >= 0.6 is 0 Å². The molecule has 0 atom stereocenters. The minimum Gasteiger partial charge on any atom is -0.445 e. The Balaban J connectivity index is 1.77. The van der Waals surface area contributed by atoms with E-state index >= 15 is 0 Å². The summed E-state index contributed by atoms with van der Waals surface area (Å²) in [5.74, 6) is 0. The number of urea groups is 1. The Labute approximate surface area is 124 Å². The average molecular weight is 291 g/mol. The van der Waals surface area contributed by atoms with Crippen molar-refractivity contribution >= 4 is 12.1 Å². The van der Waals surface area contributed by atoms with Gasteiger partial charge in [0.25, 0.3) is 0 Å². The van der Waals surface area contributed by atoms with E-state index in [1.54, 1.807) is 28.8 Å².